The molecule has 2 N–H and O–H groups in total. The molecule has 0 fully saturated rings. The normalized spacial score (nSPS) is 13.6. The van der Waals surface area contributed by atoms with E-state index in [9.17, 15) is 9.59 Å². The Labute approximate surface area is 151 Å². The van der Waals surface area contributed by atoms with Crippen molar-refractivity contribution in [1.82, 2.24) is 0 Å². The fraction of sp³-hybridized carbons (Fsp3) is 0.100. The molecule has 0 aliphatic heterocycles. The van der Waals surface area contributed by atoms with Gasteiger partial charge in [0.05, 0.1) is 25.6 Å². The molecule has 0 bridgehead atoms. The van der Waals surface area contributed by atoms with Gasteiger partial charge in [0, 0.05) is 35.7 Å². The van der Waals surface area contributed by atoms with Gasteiger partial charge >= 0.3 is 0 Å². The Morgan fingerprint density at radius 3 is 1.50 bits per heavy atom. The van der Waals surface area contributed by atoms with Crippen LogP contribution in [0.4, 0.5) is 11.4 Å². The molecule has 6 heteroatoms. The number of carbonyl (C=O) groups excluding carboxylic acids is 2. The van der Waals surface area contributed by atoms with Crippen LogP contribution in [-0.4, -0.2) is 25.8 Å². The van der Waals surface area contributed by atoms with Gasteiger partial charge in [-0.05, 0) is 24.3 Å². The molecule has 1 aliphatic rings. The predicted molar refractivity (Wildman–Crippen MR) is 99.4 cm³/mol. The molecular formula is C20H18N2O4. The van der Waals surface area contributed by atoms with E-state index in [0.29, 0.717) is 22.9 Å². The fourth-order valence-corrected chi connectivity index (χ4v) is 2.47. The Hall–Kier alpha value is -3.54. The summed E-state index contributed by atoms with van der Waals surface area (Å²) < 4.78 is 10.3. The van der Waals surface area contributed by atoms with Crippen molar-refractivity contribution in [3.63, 3.8) is 0 Å². The van der Waals surface area contributed by atoms with Crippen molar-refractivity contribution in [3.05, 3.63) is 72.1 Å². The zero-order valence-corrected chi connectivity index (χ0v) is 14.4. The molecule has 2 aromatic carbocycles. The lowest BCUT2D eigenvalue weighted by Gasteiger charge is -2.16. The lowest BCUT2D eigenvalue weighted by molar-refractivity contribution is -0.115. The largest absolute Gasteiger partial charge is 0.497 e. The van der Waals surface area contributed by atoms with Gasteiger partial charge in [0.2, 0.25) is 11.6 Å². The number of ketones is 2. The van der Waals surface area contributed by atoms with Crippen LogP contribution in [0, 0.1) is 0 Å². The topological polar surface area (TPSA) is 76.7 Å². The number of rotatable bonds is 6. The van der Waals surface area contributed by atoms with Gasteiger partial charge < -0.3 is 20.1 Å². The third kappa shape index (κ3) is 3.92. The van der Waals surface area contributed by atoms with Crippen LogP contribution in [0.25, 0.3) is 0 Å². The molecule has 0 amide bonds. The maximum Gasteiger partial charge on any atom is 0.204 e. The summed E-state index contributed by atoms with van der Waals surface area (Å²) in [5.74, 6) is 0.720. The van der Waals surface area contributed by atoms with Gasteiger partial charge in [0.15, 0.2) is 0 Å². The van der Waals surface area contributed by atoms with Crippen LogP contribution in [0.3, 0.4) is 0 Å². The predicted octanol–water partition coefficient (Wildman–Crippen LogP) is 3.15. The number of hydrogen-bond acceptors (Lipinski definition) is 6. The van der Waals surface area contributed by atoms with Crippen LogP contribution in [-0.2, 0) is 9.59 Å². The summed E-state index contributed by atoms with van der Waals surface area (Å²) in [7, 11) is 3.12. The van der Waals surface area contributed by atoms with Crippen LogP contribution in [0.15, 0.2) is 72.1 Å². The molecule has 6 nitrogen and oxygen atoms in total. The van der Waals surface area contributed by atoms with Crippen molar-refractivity contribution >= 4 is 22.9 Å². The highest BCUT2D eigenvalue weighted by Gasteiger charge is 2.20. The first-order valence-electron chi connectivity index (χ1n) is 7.93. The molecule has 3 rings (SSSR count). The van der Waals surface area contributed by atoms with Gasteiger partial charge in [-0.2, -0.15) is 0 Å². The van der Waals surface area contributed by atoms with Gasteiger partial charge in [0.1, 0.15) is 11.5 Å². The maximum atomic E-state index is 12.4. The number of methoxy groups -OCH3 is 2. The number of ether oxygens (including phenoxy) is 2. The van der Waals surface area contributed by atoms with E-state index in [-0.39, 0.29) is 23.0 Å². The summed E-state index contributed by atoms with van der Waals surface area (Å²) in [5.41, 5.74) is 1.74. The lowest BCUT2D eigenvalue weighted by atomic mass is 10.1. The SMILES string of the molecule is COc1cccc(NC2=CC(=O)C(Nc3cccc(OC)c3)=CC2=O)c1. The van der Waals surface area contributed by atoms with Crippen LogP contribution >= 0.6 is 0 Å². The molecule has 0 saturated heterocycles. The molecule has 0 radical (unpaired) electrons. The minimum Gasteiger partial charge on any atom is -0.497 e. The second-order valence-corrected chi connectivity index (χ2v) is 5.56. The van der Waals surface area contributed by atoms with E-state index < -0.39 is 0 Å². The molecule has 0 atom stereocenters. The minimum absolute atomic E-state index is 0.208. The zero-order valence-electron chi connectivity index (χ0n) is 14.4. The number of allylic oxidation sites excluding steroid dienone is 2. The van der Waals surface area contributed by atoms with Crippen molar-refractivity contribution in [2.24, 2.45) is 0 Å². The molecule has 0 saturated carbocycles. The summed E-state index contributed by atoms with van der Waals surface area (Å²) in [5, 5.41) is 5.91. The number of nitrogens with one attached hydrogen (secondary N) is 2. The quantitative estimate of drug-likeness (QED) is 0.780. The van der Waals surface area contributed by atoms with E-state index in [0.717, 1.165) is 0 Å². The summed E-state index contributed by atoms with van der Waals surface area (Å²) in [6, 6.07) is 14.2. The maximum absolute atomic E-state index is 12.4. The summed E-state index contributed by atoms with van der Waals surface area (Å²) >= 11 is 0. The molecule has 0 unspecified atom stereocenters. The average molecular weight is 350 g/mol. The number of hydrogen-bond donors (Lipinski definition) is 2. The van der Waals surface area contributed by atoms with E-state index in [4.69, 9.17) is 9.47 Å². The summed E-state index contributed by atoms with van der Waals surface area (Å²) in [4.78, 5) is 24.7. The Morgan fingerprint density at radius 2 is 1.12 bits per heavy atom. The van der Waals surface area contributed by atoms with Crippen molar-refractivity contribution < 1.29 is 19.1 Å². The molecule has 0 aromatic heterocycles. The Morgan fingerprint density at radius 1 is 0.692 bits per heavy atom. The summed E-state index contributed by atoms with van der Waals surface area (Å²) in [6.45, 7) is 0. The first-order chi connectivity index (χ1) is 12.6. The van der Waals surface area contributed by atoms with E-state index in [2.05, 4.69) is 10.6 Å². The molecule has 0 heterocycles. The first kappa shape index (κ1) is 17.3. The highest BCUT2D eigenvalue weighted by Crippen LogP contribution is 2.22. The third-order valence-electron chi connectivity index (χ3n) is 3.78. The van der Waals surface area contributed by atoms with Crippen molar-refractivity contribution in [1.29, 1.82) is 0 Å². The molecular weight excluding hydrogens is 332 g/mol. The number of anilines is 2. The minimum atomic E-state index is -0.294. The van der Waals surface area contributed by atoms with E-state index in [1.165, 1.54) is 12.2 Å². The second-order valence-electron chi connectivity index (χ2n) is 5.56. The molecule has 2 aromatic rings. The molecule has 1 aliphatic carbocycles. The third-order valence-corrected chi connectivity index (χ3v) is 3.78. The highest BCUT2D eigenvalue weighted by atomic mass is 16.5. The van der Waals surface area contributed by atoms with Gasteiger partial charge in [-0.3, -0.25) is 9.59 Å². The Kier molecular flexibility index (Phi) is 5.03. The number of carbonyl (C=O) groups is 2. The average Bonchev–Trinajstić information content (AvgIpc) is 2.66. The smallest absolute Gasteiger partial charge is 0.204 e. The van der Waals surface area contributed by atoms with Crippen molar-refractivity contribution in [3.8, 4) is 11.5 Å². The summed E-state index contributed by atoms with van der Waals surface area (Å²) in [6.07, 6.45) is 2.56. The Bertz CT molecular complexity index is 840. The van der Waals surface area contributed by atoms with E-state index in [1.54, 1.807) is 62.8 Å². The van der Waals surface area contributed by atoms with Crippen LogP contribution < -0.4 is 20.1 Å². The van der Waals surface area contributed by atoms with Crippen LogP contribution in [0.2, 0.25) is 0 Å². The van der Waals surface area contributed by atoms with Gasteiger partial charge in [0.25, 0.3) is 0 Å². The fourth-order valence-electron chi connectivity index (χ4n) is 2.47. The van der Waals surface area contributed by atoms with Crippen molar-refractivity contribution in [2.45, 2.75) is 0 Å². The molecule has 26 heavy (non-hydrogen) atoms. The lowest BCUT2D eigenvalue weighted by Crippen LogP contribution is -2.21. The second kappa shape index (κ2) is 7.57. The Balaban J connectivity index is 1.75. The standard InChI is InChI=1S/C20H18N2O4/c1-25-15-7-3-5-13(9-15)21-17-11-20(24)18(12-19(17)23)22-14-6-4-8-16(10-14)26-2/h3-12,21-22H,1-2H3. The molecule has 0 spiro atoms. The number of benzene rings is 2. The monoisotopic (exact) mass is 350 g/mol. The van der Waals surface area contributed by atoms with Gasteiger partial charge in [-0.25, -0.2) is 0 Å². The van der Waals surface area contributed by atoms with E-state index >= 15 is 0 Å². The van der Waals surface area contributed by atoms with Gasteiger partial charge in [-0.15, -0.1) is 0 Å². The van der Waals surface area contributed by atoms with Crippen LogP contribution in [0.5, 0.6) is 11.5 Å². The zero-order chi connectivity index (χ0) is 18.5. The van der Waals surface area contributed by atoms with E-state index in [1.807, 2.05) is 0 Å². The highest BCUT2D eigenvalue weighted by molar-refractivity contribution is 6.21. The van der Waals surface area contributed by atoms with Crippen molar-refractivity contribution in [2.75, 3.05) is 24.9 Å². The molecule has 132 valence electrons. The van der Waals surface area contributed by atoms with Crippen LogP contribution in [0.1, 0.15) is 0 Å². The van der Waals surface area contributed by atoms with Gasteiger partial charge in [-0.1, -0.05) is 12.1 Å². The first-order valence-corrected chi connectivity index (χ1v) is 7.93.